The highest BCUT2D eigenvalue weighted by atomic mass is 32.1. The summed E-state index contributed by atoms with van der Waals surface area (Å²) in [6.45, 7) is 0.680. The summed E-state index contributed by atoms with van der Waals surface area (Å²) in [4.78, 5) is 6.68. The Bertz CT molecular complexity index is 623. The molecule has 0 aliphatic carbocycles. The Kier molecular flexibility index (Phi) is 3.13. The van der Waals surface area contributed by atoms with Crippen molar-refractivity contribution in [2.24, 2.45) is 0 Å². The fourth-order valence-electron chi connectivity index (χ4n) is 2.05. The summed E-state index contributed by atoms with van der Waals surface area (Å²) in [5, 5.41) is 16.5. The Hall–Kier alpha value is -1.68. The maximum Gasteiger partial charge on any atom is 0.451 e. The lowest BCUT2D eigenvalue weighted by molar-refractivity contribution is -0.147. The van der Waals surface area contributed by atoms with Gasteiger partial charge < -0.3 is 14.6 Å². The van der Waals surface area contributed by atoms with E-state index in [1.807, 2.05) is 4.90 Å². The Morgan fingerprint density at radius 1 is 1.30 bits per heavy atom. The van der Waals surface area contributed by atoms with Gasteiger partial charge in [-0.05, 0) is 0 Å². The minimum atomic E-state index is -4.49. The Morgan fingerprint density at radius 3 is 2.75 bits per heavy atom. The van der Waals surface area contributed by atoms with Crippen LogP contribution in [0.4, 0.5) is 18.3 Å². The second kappa shape index (κ2) is 4.70. The van der Waals surface area contributed by atoms with E-state index in [1.165, 1.54) is 11.3 Å². The van der Waals surface area contributed by atoms with Crippen molar-refractivity contribution in [1.82, 2.24) is 19.7 Å². The average Bonchev–Trinajstić information content (AvgIpc) is 3.03. The van der Waals surface area contributed by atoms with Gasteiger partial charge in [-0.25, -0.2) is 4.98 Å². The van der Waals surface area contributed by atoms with E-state index in [0.29, 0.717) is 16.6 Å². The predicted octanol–water partition coefficient (Wildman–Crippen LogP) is 1.27. The molecule has 0 radical (unpaired) electrons. The van der Waals surface area contributed by atoms with Crippen molar-refractivity contribution in [2.75, 3.05) is 11.4 Å². The third-order valence-electron chi connectivity index (χ3n) is 2.97. The van der Waals surface area contributed by atoms with Crippen LogP contribution in [-0.4, -0.2) is 31.4 Å². The number of hydrogen-bond donors (Lipinski definition) is 1. The molecule has 2 aromatic heterocycles. The molecule has 0 fully saturated rings. The molecule has 1 N–H and O–H groups in total. The molecule has 1 aliphatic rings. The van der Waals surface area contributed by atoms with E-state index in [0.717, 1.165) is 4.57 Å². The Labute approximate surface area is 115 Å². The van der Waals surface area contributed by atoms with Crippen LogP contribution in [0.3, 0.4) is 0 Å². The van der Waals surface area contributed by atoms with E-state index in [2.05, 4.69) is 15.2 Å². The van der Waals surface area contributed by atoms with Crippen molar-refractivity contribution in [1.29, 1.82) is 0 Å². The lowest BCUT2D eigenvalue weighted by Crippen LogP contribution is -2.35. The van der Waals surface area contributed by atoms with Gasteiger partial charge in [0.15, 0.2) is 11.0 Å². The first-order valence-corrected chi connectivity index (χ1v) is 6.60. The number of anilines is 1. The molecule has 3 rings (SSSR count). The van der Waals surface area contributed by atoms with Crippen LogP contribution in [0.2, 0.25) is 0 Å². The third kappa shape index (κ3) is 2.24. The summed E-state index contributed by atoms with van der Waals surface area (Å²) < 4.78 is 39.2. The zero-order valence-corrected chi connectivity index (χ0v) is 10.9. The van der Waals surface area contributed by atoms with E-state index in [-0.39, 0.29) is 25.5 Å². The van der Waals surface area contributed by atoms with E-state index < -0.39 is 12.0 Å². The fourth-order valence-corrected chi connectivity index (χ4v) is 2.84. The standard InChI is InChI=1S/C10H10F3N5OS/c11-10(12,13)8-16-15-7-4-17(1-2-18(7)8)9-14-3-6(5-19)20-9/h3,19H,1-2,4-5H2. The van der Waals surface area contributed by atoms with Gasteiger partial charge in [0.2, 0.25) is 5.82 Å². The quantitative estimate of drug-likeness (QED) is 0.905. The minimum Gasteiger partial charge on any atom is -0.391 e. The first-order chi connectivity index (χ1) is 9.49. The van der Waals surface area contributed by atoms with E-state index >= 15 is 0 Å². The lowest BCUT2D eigenvalue weighted by Gasteiger charge is -2.27. The molecule has 0 saturated carbocycles. The van der Waals surface area contributed by atoms with Crippen molar-refractivity contribution in [2.45, 2.75) is 25.9 Å². The number of aliphatic hydroxyl groups excluding tert-OH is 1. The number of halogens is 3. The largest absolute Gasteiger partial charge is 0.451 e. The Morgan fingerprint density at radius 2 is 2.10 bits per heavy atom. The molecule has 6 nitrogen and oxygen atoms in total. The van der Waals surface area contributed by atoms with E-state index in [9.17, 15) is 13.2 Å². The zero-order valence-electron chi connectivity index (χ0n) is 10.1. The molecular weight excluding hydrogens is 295 g/mol. The molecule has 0 aromatic carbocycles. The number of alkyl halides is 3. The SMILES string of the molecule is OCc1cnc(N2CCn3c(nnc3C(F)(F)F)C2)s1. The molecule has 0 spiro atoms. The normalized spacial score (nSPS) is 15.5. The van der Waals surface area contributed by atoms with Crippen molar-refractivity contribution < 1.29 is 18.3 Å². The van der Waals surface area contributed by atoms with Crippen LogP contribution in [0, 0.1) is 0 Å². The van der Waals surface area contributed by atoms with Crippen LogP contribution >= 0.6 is 11.3 Å². The maximum absolute atomic E-state index is 12.7. The van der Waals surface area contributed by atoms with Crippen LogP contribution in [0.25, 0.3) is 0 Å². The number of aromatic nitrogens is 4. The molecule has 10 heteroatoms. The highest BCUT2D eigenvalue weighted by molar-refractivity contribution is 7.15. The summed E-state index contributed by atoms with van der Waals surface area (Å²) in [5.41, 5.74) is 0. The molecule has 0 saturated heterocycles. The van der Waals surface area contributed by atoms with Crippen LogP contribution < -0.4 is 4.90 Å². The highest BCUT2D eigenvalue weighted by Crippen LogP contribution is 2.31. The van der Waals surface area contributed by atoms with Gasteiger partial charge in [-0.3, -0.25) is 0 Å². The maximum atomic E-state index is 12.7. The molecule has 0 atom stereocenters. The molecule has 1 aliphatic heterocycles. The third-order valence-corrected chi connectivity index (χ3v) is 4.02. The molecule has 2 aromatic rings. The van der Waals surface area contributed by atoms with Gasteiger partial charge in [-0.1, -0.05) is 11.3 Å². The highest BCUT2D eigenvalue weighted by Gasteiger charge is 2.39. The smallest absolute Gasteiger partial charge is 0.391 e. The van der Waals surface area contributed by atoms with E-state index in [1.54, 1.807) is 6.20 Å². The number of rotatable bonds is 2. The second-order valence-corrected chi connectivity index (χ2v) is 5.37. The van der Waals surface area contributed by atoms with Gasteiger partial charge in [0.1, 0.15) is 0 Å². The molecule has 0 unspecified atom stereocenters. The van der Waals surface area contributed by atoms with E-state index in [4.69, 9.17) is 5.11 Å². The predicted molar refractivity (Wildman–Crippen MR) is 64.1 cm³/mol. The molecule has 0 amide bonds. The number of fused-ring (bicyclic) bond motifs is 1. The van der Waals surface area contributed by atoms with Crippen molar-refractivity contribution >= 4 is 16.5 Å². The fraction of sp³-hybridized carbons (Fsp3) is 0.500. The molecule has 20 heavy (non-hydrogen) atoms. The molecule has 0 bridgehead atoms. The minimum absolute atomic E-state index is 0.0973. The zero-order chi connectivity index (χ0) is 14.3. The Balaban J connectivity index is 1.84. The summed E-state index contributed by atoms with van der Waals surface area (Å²) in [6, 6.07) is 0. The van der Waals surface area contributed by atoms with Crippen molar-refractivity contribution in [3.63, 3.8) is 0 Å². The van der Waals surface area contributed by atoms with Gasteiger partial charge in [-0.2, -0.15) is 13.2 Å². The molecular formula is C10H10F3N5OS. The van der Waals surface area contributed by atoms with Gasteiger partial charge in [0.25, 0.3) is 0 Å². The number of thiazole rings is 1. The van der Waals surface area contributed by atoms with Crippen LogP contribution in [-0.2, 0) is 25.9 Å². The first-order valence-electron chi connectivity index (χ1n) is 5.79. The monoisotopic (exact) mass is 305 g/mol. The topological polar surface area (TPSA) is 67.1 Å². The van der Waals surface area contributed by atoms with Gasteiger partial charge >= 0.3 is 6.18 Å². The number of hydrogen-bond acceptors (Lipinski definition) is 6. The number of aliphatic hydroxyl groups is 1. The van der Waals surface area contributed by atoms with Crippen LogP contribution in [0.5, 0.6) is 0 Å². The average molecular weight is 305 g/mol. The molecule has 108 valence electrons. The number of nitrogens with zero attached hydrogens (tertiary/aromatic N) is 5. The van der Waals surface area contributed by atoms with Crippen LogP contribution in [0.15, 0.2) is 6.20 Å². The summed E-state index contributed by atoms with van der Waals surface area (Å²) in [6.07, 6.45) is -2.93. The summed E-state index contributed by atoms with van der Waals surface area (Å²) >= 11 is 1.31. The first kappa shape index (κ1) is 13.3. The van der Waals surface area contributed by atoms with Crippen molar-refractivity contribution in [3.05, 3.63) is 22.7 Å². The summed E-state index contributed by atoms with van der Waals surface area (Å²) in [7, 11) is 0. The second-order valence-electron chi connectivity index (χ2n) is 4.28. The summed E-state index contributed by atoms with van der Waals surface area (Å²) in [5.74, 6) is -0.688. The van der Waals surface area contributed by atoms with Gasteiger partial charge in [0, 0.05) is 19.3 Å². The molecule has 3 heterocycles. The van der Waals surface area contributed by atoms with Crippen molar-refractivity contribution in [3.8, 4) is 0 Å². The van der Waals surface area contributed by atoms with Crippen LogP contribution in [0.1, 0.15) is 16.5 Å². The van der Waals surface area contributed by atoms with Gasteiger partial charge in [-0.15, -0.1) is 10.2 Å². The lowest BCUT2D eigenvalue weighted by atomic mass is 10.3. The van der Waals surface area contributed by atoms with Gasteiger partial charge in [0.05, 0.1) is 18.0 Å².